The second-order valence-corrected chi connectivity index (χ2v) is 14.2. The molecule has 5 rings (SSSR count). The Labute approximate surface area is 219 Å². The maximum Gasteiger partial charge on any atom is 0.306 e. The number of fused-ring (bicyclic) bond motifs is 4. The molecule has 5 aliphatic carbocycles. The van der Waals surface area contributed by atoms with E-state index in [1.54, 1.807) is 6.92 Å². The van der Waals surface area contributed by atoms with Crippen LogP contribution in [0.15, 0.2) is 11.6 Å². The average Bonchev–Trinajstić information content (AvgIpc) is 2.82. The topological polar surface area (TPSA) is 63.6 Å². The van der Waals surface area contributed by atoms with Crippen LogP contribution >= 0.6 is 0 Å². The van der Waals surface area contributed by atoms with Gasteiger partial charge in [0.25, 0.3) is 0 Å². The number of aliphatic hydroxyl groups is 1. The number of ether oxygens (including phenoxy) is 1. The number of hydrogen-bond donors (Lipinski definition) is 1. The molecule has 0 aromatic rings. The van der Waals surface area contributed by atoms with Crippen molar-refractivity contribution in [3.63, 3.8) is 0 Å². The largest absolute Gasteiger partial charge is 0.462 e. The van der Waals surface area contributed by atoms with E-state index >= 15 is 0 Å². The minimum absolute atomic E-state index is 0.0709. The van der Waals surface area contributed by atoms with Crippen LogP contribution in [-0.4, -0.2) is 29.1 Å². The van der Waals surface area contributed by atoms with E-state index in [1.165, 1.54) is 38.5 Å². The van der Waals surface area contributed by atoms with Crippen LogP contribution in [0.5, 0.6) is 0 Å². The van der Waals surface area contributed by atoms with Gasteiger partial charge >= 0.3 is 5.97 Å². The molecule has 0 amide bonds. The van der Waals surface area contributed by atoms with Gasteiger partial charge in [-0.25, -0.2) is 0 Å². The van der Waals surface area contributed by atoms with Gasteiger partial charge in [0.15, 0.2) is 5.78 Å². The number of hydrogen-bond acceptors (Lipinski definition) is 4. The van der Waals surface area contributed by atoms with Crippen LogP contribution < -0.4 is 0 Å². The first-order chi connectivity index (χ1) is 17.0. The summed E-state index contributed by atoms with van der Waals surface area (Å²) in [5.41, 5.74) is 1.27. The predicted octanol–water partition coefficient (Wildman–Crippen LogP) is 7.03. The van der Waals surface area contributed by atoms with Gasteiger partial charge in [0.2, 0.25) is 0 Å². The number of allylic oxidation sites excluding steroid dienone is 1. The maximum absolute atomic E-state index is 13.1. The Hall–Kier alpha value is -1.16. The molecular formula is C32H50O4. The van der Waals surface area contributed by atoms with Crippen LogP contribution in [0.2, 0.25) is 0 Å². The molecule has 0 bridgehead atoms. The summed E-state index contributed by atoms with van der Waals surface area (Å²) in [4.78, 5) is 25.8. The quantitative estimate of drug-likeness (QED) is 0.399. The number of carbonyl (C=O) groups excluding carboxylic acids is 2. The minimum atomic E-state index is -0.509. The summed E-state index contributed by atoms with van der Waals surface area (Å²) in [5, 5.41) is 11.1. The van der Waals surface area contributed by atoms with Crippen molar-refractivity contribution in [3.05, 3.63) is 11.6 Å². The molecule has 1 spiro atoms. The fourth-order valence-corrected chi connectivity index (χ4v) is 11.1. The second-order valence-electron chi connectivity index (χ2n) is 14.2. The molecule has 0 saturated heterocycles. The molecule has 0 aromatic heterocycles. The fourth-order valence-electron chi connectivity index (χ4n) is 11.1. The van der Waals surface area contributed by atoms with Crippen LogP contribution in [0, 0.1) is 45.3 Å². The molecule has 0 heterocycles. The molecule has 202 valence electrons. The third-order valence-corrected chi connectivity index (χ3v) is 12.8. The lowest BCUT2D eigenvalue weighted by Gasteiger charge is -2.74. The van der Waals surface area contributed by atoms with Crippen LogP contribution in [0.1, 0.15) is 119 Å². The van der Waals surface area contributed by atoms with Gasteiger partial charge in [-0.15, -0.1) is 0 Å². The van der Waals surface area contributed by atoms with Crippen molar-refractivity contribution in [2.24, 2.45) is 45.3 Å². The Morgan fingerprint density at radius 1 is 1.06 bits per heavy atom. The maximum atomic E-state index is 13.1. The minimum Gasteiger partial charge on any atom is -0.462 e. The van der Waals surface area contributed by atoms with Gasteiger partial charge < -0.3 is 9.84 Å². The van der Waals surface area contributed by atoms with Gasteiger partial charge in [0.1, 0.15) is 6.10 Å². The lowest BCUT2D eigenvalue weighted by Crippen LogP contribution is -2.73. The van der Waals surface area contributed by atoms with Gasteiger partial charge in [-0.1, -0.05) is 60.0 Å². The van der Waals surface area contributed by atoms with Crippen LogP contribution in [-0.2, 0) is 14.3 Å². The first kappa shape index (κ1) is 26.4. The number of carbonyl (C=O) groups is 2. The van der Waals surface area contributed by atoms with Crippen LogP contribution in [0.4, 0.5) is 0 Å². The number of rotatable bonds is 6. The van der Waals surface area contributed by atoms with E-state index in [-0.39, 0.29) is 40.0 Å². The van der Waals surface area contributed by atoms with Gasteiger partial charge in [-0.3, -0.25) is 9.59 Å². The normalized spacial score (nSPS) is 49.4. The lowest BCUT2D eigenvalue weighted by molar-refractivity contribution is -0.288. The zero-order chi connectivity index (χ0) is 26.1. The molecule has 1 N–H and O–H groups in total. The summed E-state index contributed by atoms with van der Waals surface area (Å²) in [6, 6.07) is 0. The summed E-state index contributed by atoms with van der Waals surface area (Å²) in [7, 11) is 0. The molecule has 0 aromatic carbocycles. The molecule has 0 unspecified atom stereocenters. The molecular weight excluding hydrogens is 448 g/mol. The molecule has 5 aliphatic rings. The van der Waals surface area contributed by atoms with E-state index in [4.69, 9.17) is 4.74 Å². The van der Waals surface area contributed by atoms with E-state index < -0.39 is 6.10 Å². The summed E-state index contributed by atoms with van der Waals surface area (Å²) < 4.78 is 6.47. The summed E-state index contributed by atoms with van der Waals surface area (Å²) >= 11 is 0. The van der Waals surface area contributed by atoms with Gasteiger partial charge in [0, 0.05) is 17.8 Å². The number of ketones is 1. The Balaban J connectivity index is 1.59. The monoisotopic (exact) mass is 498 g/mol. The van der Waals surface area contributed by atoms with Crippen molar-refractivity contribution in [1.82, 2.24) is 0 Å². The molecule has 4 fully saturated rings. The predicted molar refractivity (Wildman–Crippen MR) is 142 cm³/mol. The SMILES string of the molecule is CCCCC(=O)O[C@H]1C[C@@H]2[C@@]3(C)CCC[C@](C)(CC)[C@@H]3CC[C@@]2(C)[C@@H]2CC=C(C(C)=O)[C@@H]3[C@@H](O)C[C@@]132. The van der Waals surface area contributed by atoms with Crippen molar-refractivity contribution in [2.45, 2.75) is 131 Å². The fraction of sp³-hybridized carbons (Fsp3) is 0.875. The first-order valence-corrected chi connectivity index (χ1v) is 15.1. The van der Waals surface area contributed by atoms with Gasteiger partial charge in [0.05, 0.1) is 6.10 Å². The second kappa shape index (κ2) is 8.95. The molecule has 10 atom stereocenters. The van der Waals surface area contributed by atoms with Crippen molar-refractivity contribution < 1.29 is 19.4 Å². The summed E-state index contributed by atoms with van der Waals surface area (Å²) in [6.45, 7) is 13.8. The highest BCUT2D eigenvalue weighted by Crippen LogP contribution is 2.76. The standard InChI is InChI=1S/C32H50O4/c1-7-9-11-27(35)36-26-18-25-30(5)16-10-15-29(4,8-2)23(30)14-17-31(25,6)24-13-12-21(20(3)33)28-22(34)19-32(24,26)28/h12,22-26,28,34H,7-11,13-19H2,1-6H3/t22-,23-,24-,25+,26-,28+,29-,30-,31-,32+/m0/s1. The number of esters is 1. The Morgan fingerprint density at radius 2 is 1.78 bits per heavy atom. The third kappa shape index (κ3) is 3.48. The van der Waals surface area contributed by atoms with Gasteiger partial charge in [-0.05, 0) is 97.9 Å². The van der Waals surface area contributed by atoms with E-state index in [0.29, 0.717) is 36.0 Å². The average molecular weight is 499 g/mol. The number of unbranched alkanes of at least 4 members (excludes halogenated alkanes) is 1. The number of Topliss-reactive ketones (excluding diaryl/α,β-unsaturated/α-hetero) is 1. The smallest absolute Gasteiger partial charge is 0.306 e. The highest BCUT2D eigenvalue weighted by Gasteiger charge is 2.74. The van der Waals surface area contributed by atoms with E-state index in [2.05, 4.69) is 40.7 Å². The van der Waals surface area contributed by atoms with Crippen molar-refractivity contribution in [1.29, 1.82) is 0 Å². The highest BCUT2D eigenvalue weighted by atomic mass is 16.5. The van der Waals surface area contributed by atoms with Crippen LogP contribution in [0.25, 0.3) is 0 Å². The Bertz CT molecular complexity index is 938. The van der Waals surface area contributed by atoms with E-state index in [0.717, 1.165) is 31.3 Å². The van der Waals surface area contributed by atoms with Crippen molar-refractivity contribution >= 4 is 11.8 Å². The van der Waals surface area contributed by atoms with E-state index in [1.807, 2.05) is 0 Å². The summed E-state index contributed by atoms with van der Waals surface area (Å²) in [6.07, 6.45) is 13.8. The molecule has 0 radical (unpaired) electrons. The molecule has 36 heavy (non-hydrogen) atoms. The zero-order valence-corrected chi connectivity index (χ0v) is 23.7. The highest BCUT2D eigenvalue weighted by molar-refractivity contribution is 5.94. The molecule has 4 saturated carbocycles. The van der Waals surface area contributed by atoms with Crippen LogP contribution in [0.3, 0.4) is 0 Å². The van der Waals surface area contributed by atoms with E-state index in [9.17, 15) is 14.7 Å². The molecule has 4 nitrogen and oxygen atoms in total. The number of aliphatic hydroxyl groups excluding tert-OH is 1. The molecule has 4 heteroatoms. The van der Waals surface area contributed by atoms with Crippen molar-refractivity contribution in [3.8, 4) is 0 Å². The van der Waals surface area contributed by atoms with Crippen molar-refractivity contribution in [2.75, 3.05) is 0 Å². The zero-order valence-electron chi connectivity index (χ0n) is 23.7. The Kier molecular flexibility index (Phi) is 6.58. The lowest BCUT2D eigenvalue weighted by atomic mass is 9.31. The molecule has 0 aliphatic heterocycles. The Morgan fingerprint density at radius 3 is 2.42 bits per heavy atom. The third-order valence-electron chi connectivity index (χ3n) is 12.8. The first-order valence-electron chi connectivity index (χ1n) is 15.1. The summed E-state index contributed by atoms with van der Waals surface area (Å²) in [5.74, 6) is 1.35. The van der Waals surface area contributed by atoms with Gasteiger partial charge in [-0.2, -0.15) is 0 Å².